The van der Waals surface area contributed by atoms with Crippen molar-refractivity contribution in [3.8, 4) is 16.8 Å². The fourth-order valence-corrected chi connectivity index (χ4v) is 3.72. The highest BCUT2D eigenvalue weighted by Gasteiger charge is 2.41. The van der Waals surface area contributed by atoms with E-state index in [9.17, 15) is 22.4 Å². The Labute approximate surface area is 171 Å². The molecular formula is C19H20FN5O4S. The van der Waals surface area contributed by atoms with Crippen LogP contribution in [0.4, 0.5) is 4.39 Å². The van der Waals surface area contributed by atoms with E-state index < -0.39 is 31.9 Å². The molecule has 1 aromatic carbocycles. The second kappa shape index (κ2) is 7.82. The molecule has 2 N–H and O–H groups in total. The highest BCUT2D eigenvalue weighted by molar-refractivity contribution is 7.92. The largest absolute Gasteiger partial charge is 0.368 e. The van der Waals surface area contributed by atoms with Crippen LogP contribution >= 0.6 is 0 Å². The third kappa shape index (κ3) is 4.01. The molecule has 3 aromatic rings. The van der Waals surface area contributed by atoms with E-state index in [-0.39, 0.29) is 18.5 Å². The molecule has 0 aliphatic carbocycles. The smallest absolute Gasteiger partial charge is 0.251 e. The second-order valence-electron chi connectivity index (χ2n) is 7.05. The molecule has 0 bridgehead atoms. The summed E-state index contributed by atoms with van der Waals surface area (Å²) in [5, 5.41) is 8.01. The fourth-order valence-electron chi connectivity index (χ4n) is 2.89. The molecule has 0 radical (unpaired) electrons. The molecule has 3 rings (SSSR count). The number of amides is 1. The van der Waals surface area contributed by atoms with Gasteiger partial charge in [0, 0.05) is 30.6 Å². The molecule has 0 saturated heterocycles. The standard InChI is InChI=1S/C19H20FN5O4S/c1-19(18(21)27,30(2,28)29)7-10-24-12-16(20)15(11-17(24)26)13-3-5-14(6-4-13)25-22-8-9-23-25/h3-6,8-9,11-12H,7,10H2,1-2H3,(H2,21,27)/t19-/m1/s1. The number of rotatable bonds is 7. The van der Waals surface area contributed by atoms with Crippen molar-refractivity contribution in [1.29, 1.82) is 0 Å². The highest BCUT2D eigenvalue weighted by Crippen LogP contribution is 2.24. The van der Waals surface area contributed by atoms with Crippen molar-refractivity contribution in [3.63, 3.8) is 0 Å². The van der Waals surface area contributed by atoms with Gasteiger partial charge in [0.2, 0.25) is 5.91 Å². The van der Waals surface area contributed by atoms with E-state index in [0.29, 0.717) is 11.3 Å². The first-order chi connectivity index (χ1) is 14.0. The molecule has 0 unspecified atom stereocenters. The van der Waals surface area contributed by atoms with Crippen LogP contribution in [0.2, 0.25) is 0 Å². The number of aromatic nitrogens is 4. The number of hydrogen-bond acceptors (Lipinski definition) is 6. The molecule has 0 aliphatic heterocycles. The van der Waals surface area contributed by atoms with Crippen molar-refractivity contribution in [3.05, 3.63) is 65.1 Å². The van der Waals surface area contributed by atoms with Gasteiger partial charge in [-0.1, -0.05) is 12.1 Å². The number of hydrogen-bond donors (Lipinski definition) is 1. The zero-order valence-corrected chi connectivity index (χ0v) is 17.1. The SMILES string of the molecule is C[C@@](CCn1cc(F)c(-c2ccc(-n3nccn3)cc2)cc1=O)(C(N)=O)S(C)(=O)=O. The molecule has 2 heterocycles. The lowest BCUT2D eigenvalue weighted by atomic mass is 10.1. The van der Waals surface area contributed by atoms with Crippen molar-refractivity contribution in [2.24, 2.45) is 5.73 Å². The van der Waals surface area contributed by atoms with Gasteiger partial charge in [-0.25, -0.2) is 12.8 Å². The monoisotopic (exact) mass is 433 g/mol. The second-order valence-corrected chi connectivity index (χ2v) is 9.49. The van der Waals surface area contributed by atoms with Gasteiger partial charge in [0.05, 0.1) is 18.1 Å². The fraction of sp³-hybridized carbons (Fsp3) is 0.263. The average molecular weight is 433 g/mol. The van der Waals surface area contributed by atoms with E-state index in [1.165, 1.54) is 24.1 Å². The Morgan fingerprint density at radius 1 is 1.20 bits per heavy atom. The number of nitrogens with zero attached hydrogens (tertiary/aromatic N) is 4. The predicted molar refractivity (Wildman–Crippen MR) is 108 cm³/mol. The van der Waals surface area contributed by atoms with Crippen molar-refractivity contribution in [2.75, 3.05) is 6.26 Å². The summed E-state index contributed by atoms with van der Waals surface area (Å²) in [5.74, 6) is -1.69. The van der Waals surface area contributed by atoms with E-state index in [0.717, 1.165) is 23.1 Å². The third-order valence-electron chi connectivity index (χ3n) is 5.07. The average Bonchev–Trinajstić information content (AvgIpc) is 3.22. The summed E-state index contributed by atoms with van der Waals surface area (Å²) in [5.41, 5.74) is 5.95. The molecule has 9 nitrogen and oxygen atoms in total. The maximum absolute atomic E-state index is 14.7. The summed E-state index contributed by atoms with van der Waals surface area (Å²) < 4.78 is 37.8. The molecule has 0 saturated carbocycles. The number of nitrogens with two attached hydrogens (primary N) is 1. The number of carbonyl (C=O) groups is 1. The van der Waals surface area contributed by atoms with Gasteiger partial charge in [0.25, 0.3) is 5.56 Å². The number of pyridine rings is 1. The van der Waals surface area contributed by atoms with Gasteiger partial charge < -0.3 is 10.3 Å². The number of aryl methyl sites for hydroxylation is 1. The zero-order valence-electron chi connectivity index (χ0n) is 16.3. The predicted octanol–water partition coefficient (Wildman–Crippen LogP) is 0.914. The normalized spacial score (nSPS) is 13.7. The van der Waals surface area contributed by atoms with E-state index in [2.05, 4.69) is 10.2 Å². The van der Waals surface area contributed by atoms with E-state index in [4.69, 9.17) is 5.73 Å². The molecule has 2 aromatic heterocycles. The first-order valence-corrected chi connectivity index (χ1v) is 10.8. The van der Waals surface area contributed by atoms with Crippen LogP contribution in [0, 0.1) is 5.82 Å². The van der Waals surface area contributed by atoms with Crippen LogP contribution in [0.1, 0.15) is 13.3 Å². The quantitative estimate of drug-likeness (QED) is 0.590. The summed E-state index contributed by atoms with van der Waals surface area (Å²) in [6.07, 6.45) is 4.68. The molecule has 0 spiro atoms. The van der Waals surface area contributed by atoms with Gasteiger partial charge in [-0.3, -0.25) is 9.59 Å². The lowest BCUT2D eigenvalue weighted by Gasteiger charge is -2.24. The van der Waals surface area contributed by atoms with Crippen LogP contribution in [-0.4, -0.2) is 44.9 Å². The topological polar surface area (TPSA) is 130 Å². The lowest BCUT2D eigenvalue weighted by Crippen LogP contribution is -2.48. The third-order valence-corrected chi connectivity index (χ3v) is 7.12. The van der Waals surface area contributed by atoms with Crippen molar-refractivity contribution in [1.82, 2.24) is 19.6 Å². The Kier molecular flexibility index (Phi) is 5.57. The molecule has 30 heavy (non-hydrogen) atoms. The summed E-state index contributed by atoms with van der Waals surface area (Å²) >= 11 is 0. The number of halogens is 1. The Morgan fingerprint density at radius 2 is 1.80 bits per heavy atom. The maximum atomic E-state index is 14.7. The minimum absolute atomic E-state index is 0.0944. The van der Waals surface area contributed by atoms with Crippen molar-refractivity contribution >= 4 is 15.7 Å². The van der Waals surface area contributed by atoms with Gasteiger partial charge in [-0.15, -0.1) is 0 Å². The molecule has 1 atom stereocenters. The van der Waals surface area contributed by atoms with Crippen LogP contribution in [-0.2, 0) is 21.2 Å². The van der Waals surface area contributed by atoms with Gasteiger partial charge in [0.15, 0.2) is 9.84 Å². The summed E-state index contributed by atoms with van der Waals surface area (Å²) in [4.78, 5) is 25.5. The van der Waals surface area contributed by atoms with E-state index in [1.807, 2.05) is 0 Å². The van der Waals surface area contributed by atoms with Gasteiger partial charge >= 0.3 is 0 Å². The molecule has 0 fully saturated rings. The molecular weight excluding hydrogens is 413 g/mol. The zero-order chi connectivity index (χ0) is 22.1. The van der Waals surface area contributed by atoms with Crippen LogP contribution in [0.3, 0.4) is 0 Å². The Balaban J connectivity index is 1.87. The Bertz CT molecular complexity index is 1240. The number of carbonyl (C=O) groups excluding carboxylic acids is 1. The highest BCUT2D eigenvalue weighted by atomic mass is 32.2. The Morgan fingerprint density at radius 3 is 2.33 bits per heavy atom. The van der Waals surface area contributed by atoms with Crippen molar-refractivity contribution in [2.45, 2.75) is 24.6 Å². The van der Waals surface area contributed by atoms with Gasteiger partial charge in [-0.05, 0) is 31.0 Å². The lowest BCUT2D eigenvalue weighted by molar-refractivity contribution is -0.120. The van der Waals surface area contributed by atoms with Crippen LogP contribution in [0.15, 0.2) is 53.7 Å². The van der Waals surface area contributed by atoms with Crippen molar-refractivity contribution < 1.29 is 17.6 Å². The summed E-state index contributed by atoms with van der Waals surface area (Å²) in [6, 6.07) is 7.76. The number of primary amides is 1. The molecule has 11 heteroatoms. The van der Waals surface area contributed by atoms with Crippen LogP contribution in [0.5, 0.6) is 0 Å². The van der Waals surface area contributed by atoms with Gasteiger partial charge in [0.1, 0.15) is 10.6 Å². The van der Waals surface area contributed by atoms with Crippen LogP contribution < -0.4 is 11.3 Å². The minimum atomic E-state index is -3.83. The molecule has 158 valence electrons. The van der Waals surface area contributed by atoms with E-state index in [1.54, 1.807) is 24.3 Å². The molecule has 1 amide bonds. The number of sulfone groups is 1. The Hall–Kier alpha value is -3.34. The summed E-state index contributed by atoms with van der Waals surface area (Å²) in [7, 11) is -3.83. The van der Waals surface area contributed by atoms with Crippen LogP contribution in [0.25, 0.3) is 16.8 Å². The first-order valence-electron chi connectivity index (χ1n) is 8.89. The van der Waals surface area contributed by atoms with E-state index >= 15 is 0 Å². The minimum Gasteiger partial charge on any atom is -0.368 e. The summed E-state index contributed by atoms with van der Waals surface area (Å²) in [6.45, 7) is 1.00. The first kappa shape index (κ1) is 21.4. The van der Waals surface area contributed by atoms with Gasteiger partial charge in [-0.2, -0.15) is 15.0 Å². The maximum Gasteiger partial charge on any atom is 0.251 e. The molecule has 0 aliphatic rings. The number of benzene rings is 1.